The predicted molar refractivity (Wildman–Crippen MR) is 72.9 cm³/mol. The molecule has 0 aromatic carbocycles. The molecule has 0 saturated carbocycles. The van der Waals surface area contributed by atoms with Crippen LogP contribution in [0.15, 0.2) is 0 Å². The molecule has 0 N–H and O–H groups in total. The first-order valence-electron chi connectivity index (χ1n) is 7.04. The van der Waals surface area contributed by atoms with Gasteiger partial charge in [0.2, 0.25) is 0 Å². The largest absolute Gasteiger partial charge is 0.356 e. The van der Waals surface area contributed by atoms with Crippen molar-refractivity contribution in [3.63, 3.8) is 0 Å². The van der Waals surface area contributed by atoms with Crippen molar-refractivity contribution in [2.24, 2.45) is 0 Å². The number of hydrogen-bond acceptors (Lipinski definition) is 4. The van der Waals surface area contributed by atoms with E-state index in [1.807, 2.05) is 6.92 Å². The van der Waals surface area contributed by atoms with Gasteiger partial charge >= 0.3 is 0 Å². The Hall–Kier alpha value is -1.16. The van der Waals surface area contributed by atoms with Crippen molar-refractivity contribution in [3.05, 3.63) is 17.1 Å². The van der Waals surface area contributed by atoms with Crippen LogP contribution in [0, 0.1) is 6.92 Å². The first-order valence-corrected chi connectivity index (χ1v) is 7.04. The molecule has 0 aliphatic carbocycles. The van der Waals surface area contributed by atoms with Crippen LogP contribution in [0.3, 0.4) is 0 Å². The van der Waals surface area contributed by atoms with Crippen LogP contribution in [0.2, 0.25) is 0 Å². The monoisotopic (exact) mass is 246 g/mol. The van der Waals surface area contributed by atoms with E-state index in [4.69, 9.17) is 4.98 Å². The second kappa shape index (κ2) is 4.84. The normalized spacial score (nSPS) is 20.9. The van der Waals surface area contributed by atoms with Gasteiger partial charge in [-0.1, -0.05) is 0 Å². The zero-order valence-electron chi connectivity index (χ0n) is 11.4. The lowest BCUT2D eigenvalue weighted by molar-refractivity contribution is 0.306. The molecule has 18 heavy (non-hydrogen) atoms. The van der Waals surface area contributed by atoms with Gasteiger partial charge in [0.15, 0.2) is 0 Å². The summed E-state index contributed by atoms with van der Waals surface area (Å²) in [4.78, 5) is 14.2. The van der Waals surface area contributed by atoms with E-state index in [9.17, 15) is 0 Å². The maximum atomic E-state index is 4.73. The number of nitrogens with zero attached hydrogens (tertiary/aromatic N) is 4. The van der Waals surface area contributed by atoms with Crippen LogP contribution < -0.4 is 4.90 Å². The maximum Gasteiger partial charge on any atom is 0.135 e. The lowest BCUT2D eigenvalue weighted by atomic mass is 10.0. The molecule has 3 heterocycles. The van der Waals surface area contributed by atoms with E-state index < -0.39 is 0 Å². The summed E-state index contributed by atoms with van der Waals surface area (Å²) in [7, 11) is 2.17. The van der Waals surface area contributed by atoms with E-state index in [2.05, 4.69) is 21.8 Å². The molecule has 0 spiro atoms. The van der Waals surface area contributed by atoms with Crippen LogP contribution in [0.4, 0.5) is 5.82 Å². The zero-order valence-corrected chi connectivity index (χ0v) is 11.4. The molecule has 1 fully saturated rings. The minimum Gasteiger partial charge on any atom is -0.356 e. The summed E-state index contributed by atoms with van der Waals surface area (Å²) in [5.41, 5.74) is 2.65. The quantitative estimate of drug-likeness (QED) is 0.756. The number of rotatable bonds is 1. The van der Waals surface area contributed by atoms with Gasteiger partial charge in [-0.05, 0) is 39.7 Å². The van der Waals surface area contributed by atoms with Gasteiger partial charge < -0.3 is 9.80 Å². The van der Waals surface area contributed by atoms with Crippen LogP contribution in [0.1, 0.15) is 36.3 Å². The fraction of sp³-hybridized carbons (Fsp3) is 0.714. The number of fused-ring (bicyclic) bond motifs is 1. The average molecular weight is 246 g/mol. The van der Waals surface area contributed by atoms with Crippen molar-refractivity contribution in [2.45, 2.75) is 39.2 Å². The molecule has 98 valence electrons. The minimum absolute atomic E-state index is 0.921. The Morgan fingerprint density at radius 1 is 1.00 bits per heavy atom. The number of anilines is 1. The van der Waals surface area contributed by atoms with Crippen LogP contribution in [0.5, 0.6) is 0 Å². The van der Waals surface area contributed by atoms with Crippen LogP contribution in [0.25, 0.3) is 0 Å². The number of aromatic nitrogens is 2. The molecular formula is C14H22N4. The van der Waals surface area contributed by atoms with E-state index >= 15 is 0 Å². The molecule has 1 aromatic rings. The lowest BCUT2D eigenvalue weighted by Crippen LogP contribution is -2.35. The SMILES string of the molecule is Cc1nc2c(c(N3CCCCC3)n1)CCN(C)C2. The standard InChI is InChI=1S/C14H22N4/c1-11-15-13-10-17(2)9-6-12(13)14(16-11)18-7-4-3-5-8-18/h3-10H2,1-2H3. The predicted octanol–water partition coefficient (Wildman–Crippen LogP) is 1.76. The first-order chi connectivity index (χ1) is 8.74. The van der Waals surface area contributed by atoms with Crippen LogP contribution in [-0.4, -0.2) is 41.5 Å². The Balaban J connectivity index is 1.97. The summed E-state index contributed by atoms with van der Waals surface area (Å²) in [6.07, 6.45) is 5.07. The molecule has 1 aromatic heterocycles. The third-order valence-electron chi connectivity index (χ3n) is 4.00. The van der Waals surface area contributed by atoms with Gasteiger partial charge in [0.25, 0.3) is 0 Å². The van der Waals surface area contributed by atoms with Gasteiger partial charge in [0.1, 0.15) is 11.6 Å². The Morgan fingerprint density at radius 3 is 2.56 bits per heavy atom. The summed E-state index contributed by atoms with van der Waals surface area (Å²) in [5.74, 6) is 2.15. The van der Waals surface area contributed by atoms with Gasteiger partial charge in [-0.15, -0.1) is 0 Å². The summed E-state index contributed by atoms with van der Waals surface area (Å²) in [5, 5.41) is 0. The zero-order chi connectivity index (χ0) is 12.5. The van der Waals surface area contributed by atoms with Crippen molar-refractivity contribution in [1.29, 1.82) is 0 Å². The molecule has 3 rings (SSSR count). The van der Waals surface area contributed by atoms with E-state index in [0.29, 0.717) is 0 Å². The second-order valence-electron chi connectivity index (χ2n) is 5.56. The highest BCUT2D eigenvalue weighted by Gasteiger charge is 2.23. The molecule has 1 saturated heterocycles. The number of hydrogen-bond donors (Lipinski definition) is 0. The van der Waals surface area contributed by atoms with Crippen LogP contribution >= 0.6 is 0 Å². The Labute approximate surface area is 109 Å². The topological polar surface area (TPSA) is 32.3 Å². The average Bonchev–Trinajstić information content (AvgIpc) is 2.38. The fourth-order valence-electron chi connectivity index (χ4n) is 3.03. The second-order valence-corrected chi connectivity index (χ2v) is 5.56. The highest BCUT2D eigenvalue weighted by Crippen LogP contribution is 2.27. The number of likely N-dealkylation sites (N-methyl/N-ethyl adjacent to an activating group) is 1. The molecule has 2 aliphatic heterocycles. The van der Waals surface area contributed by atoms with Gasteiger partial charge in [-0.2, -0.15) is 0 Å². The lowest BCUT2D eigenvalue weighted by Gasteiger charge is -2.33. The van der Waals surface area contributed by atoms with E-state index in [1.165, 1.54) is 49.4 Å². The van der Waals surface area contributed by atoms with Crippen molar-refractivity contribution in [3.8, 4) is 0 Å². The van der Waals surface area contributed by atoms with Gasteiger partial charge in [0, 0.05) is 31.7 Å². The molecular weight excluding hydrogens is 224 g/mol. The summed E-state index contributed by atoms with van der Waals surface area (Å²) in [6.45, 7) is 6.44. The van der Waals surface area contributed by atoms with E-state index in [1.54, 1.807) is 0 Å². The molecule has 4 nitrogen and oxygen atoms in total. The summed E-state index contributed by atoms with van der Waals surface area (Å²) >= 11 is 0. The molecule has 0 atom stereocenters. The fourth-order valence-corrected chi connectivity index (χ4v) is 3.03. The van der Waals surface area contributed by atoms with E-state index in [-0.39, 0.29) is 0 Å². The third-order valence-corrected chi connectivity index (χ3v) is 4.00. The summed E-state index contributed by atoms with van der Waals surface area (Å²) in [6, 6.07) is 0. The van der Waals surface area contributed by atoms with Crippen LogP contribution in [-0.2, 0) is 13.0 Å². The Morgan fingerprint density at radius 2 is 1.78 bits per heavy atom. The first kappa shape index (κ1) is 11.9. The molecule has 0 bridgehead atoms. The third kappa shape index (κ3) is 2.21. The maximum absolute atomic E-state index is 4.73. The highest BCUT2D eigenvalue weighted by molar-refractivity contribution is 5.50. The Kier molecular flexibility index (Phi) is 3.20. The summed E-state index contributed by atoms with van der Waals surface area (Å²) < 4.78 is 0. The van der Waals surface area contributed by atoms with Gasteiger partial charge in [-0.25, -0.2) is 9.97 Å². The minimum atomic E-state index is 0.921. The van der Waals surface area contributed by atoms with Crippen molar-refractivity contribution < 1.29 is 0 Å². The molecule has 0 radical (unpaired) electrons. The number of aryl methyl sites for hydroxylation is 1. The number of piperidine rings is 1. The van der Waals surface area contributed by atoms with E-state index in [0.717, 1.165) is 25.3 Å². The van der Waals surface area contributed by atoms with Crippen molar-refractivity contribution in [2.75, 3.05) is 31.6 Å². The molecule has 2 aliphatic rings. The van der Waals surface area contributed by atoms with Crippen molar-refractivity contribution in [1.82, 2.24) is 14.9 Å². The molecule has 4 heteroatoms. The molecule has 0 amide bonds. The smallest absolute Gasteiger partial charge is 0.135 e. The Bertz CT molecular complexity index is 438. The van der Waals surface area contributed by atoms with Gasteiger partial charge in [0.05, 0.1) is 5.69 Å². The molecule has 0 unspecified atom stereocenters. The highest BCUT2D eigenvalue weighted by atomic mass is 15.2. The van der Waals surface area contributed by atoms with Crippen molar-refractivity contribution >= 4 is 5.82 Å². The van der Waals surface area contributed by atoms with Gasteiger partial charge in [-0.3, -0.25) is 0 Å².